The Hall–Kier alpha value is -2.73. The first kappa shape index (κ1) is 29.5. The minimum absolute atomic E-state index is 0.145. The smallest absolute Gasteiger partial charge is 0.326 e. The zero-order valence-electron chi connectivity index (χ0n) is 21.4. The Morgan fingerprint density at radius 3 is 2.36 bits per heavy atom. The number of nitrogens with one attached hydrogen (secondary N) is 4. The van der Waals surface area contributed by atoms with Crippen LogP contribution in [0.4, 0.5) is 0 Å². The summed E-state index contributed by atoms with van der Waals surface area (Å²) in [5.74, 6) is -2.60. The van der Waals surface area contributed by atoms with E-state index in [4.69, 9.17) is 5.73 Å². The summed E-state index contributed by atoms with van der Waals surface area (Å²) in [6.07, 6.45) is 4.54. The number of rotatable bonds is 14. The molecule has 2 fully saturated rings. The molecule has 4 atom stereocenters. The van der Waals surface area contributed by atoms with Gasteiger partial charge in [-0.05, 0) is 70.4 Å². The van der Waals surface area contributed by atoms with Gasteiger partial charge in [-0.2, -0.15) is 0 Å². The molecular formula is C24H42N6O6. The van der Waals surface area contributed by atoms with E-state index in [0.29, 0.717) is 51.6 Å². The molecule has 36 heavy (non-hydrogen) atoms. The van der Waals surface area contributed by atoms with E-state index in [1.807, 2.05) is 13.8 Å². The highest BCUT2D eigenvalue weighted by atomic mass is 16.4. The van der Waals surface area contributed by atoms with Crippen molar-refractivity contribution in [2.24, 2.45) is 11.7 Å². The van der Waals surface area contributed by atoms with E-state index < -0.39 is 41.8 Å². The second-order valence-electron chi connectivity index (χ2n) is 9.99. The fraction of sp³-hybridized carbons (Fsp3) is 0.792. The molecule has 2 aliphatic rings. The molecule has 12 heteroatoms. The largest absolute Gasteiger partial charge is 0.480 e. The number of carboxylic acids is 1. The summed E-state index contributed by atoms with van der Waals surface area (Å²) in [5.41, 5.74) is 5.45. The second-order valence-corrected chi connectivity index (χ2v) is 9.99. The molecule has 0 aromatic rings. The molecule has 0 spiro atoms. The lowest BCUT2D eigenvalue weighted by molar-refractivity contribution is -0.144. The third kappa shape index (κ3) is 9.05. The van der Waals surface area contributed by atoms with Crippen molar-refractivity contribution in [3.8, 4) is 0 Å². The molecule has 0 radical (unpaired) electrons. The fourth-order valence-corrected chi connectivity index (χ4v) is 4.63. The van der Waals surface area contributed by atoms with Crippen LogP contribution in [0.3, 0.4) is 0 Å². The molecule has 0 aliphatic carbocycles. The van der Waals surface area contributed by atoms with Crippen LogP contribution in [0.25, 0.3) is 0 Å². The minimum atomic E-state index is -1.13. The van der Waals surface area contributed by atoms with Crippen LogP contribution >= 0.6 is 0 Å². The highest BCUT2D eigenvalue weighted by molar-refractivity contribution is 5.94. The Labute approximate surface area is 212 Å². The zero-order valence-corrected chi connectivity index (χ0v) is 21.4. The number of amides is 4. The van der Waals surface area contributed by atoms with Crippen molar-refractivity contribution in [3.63, 3.8) is 0 Å². The standard InChI is InChI=1S/C24H42N6O6/c1-15(2)13-18(29-22(33)16-8-5-11-26-16)21(32)27-14-20(31)30-12-6-9-19(30)23(34)28-17(24(35)36)7-3-4-10-25/h15-19,26H,3-14,25H2,1-2H3,(H,27,32)(H,28,34)(H,29,33)(H,35,36)/t16-,17-,18-,19-/m0/s1. The van der Waals surface area contributed by atoms with Crippen LogP contribution in [-0.4, -0.2) is 90.0 Å². The number of nitrogens with two attached hydrogens (primary N) is 1. The van der Waals surface area contributed by atoms with Gasteiger partial charge >= 0.3 is 5.97 Å². The van der Waals surface area contributed by atoms with Crippen molar-refractivity contribution in [1.82, 2.24) is 26.2 Å². The third-order valence-corrected chi connectivity index (χ3v) is 6.57. The van der Waals surface area contributed by atoms with Crippen LogP contribution < -0.4 is 27.0 Å². The molecular weight excluding hydrogens is 468 g/mol. The third-order valence-electron chi connectivity index (χ3n) is 6.57. The summed E-state index contributed by atoms with van der Waals surface area (Å²) >= 11 is 0. The van der Waals surface area contributed by atoms with Crippen molar-refractivity contribution < 1.29 is 29.1 Å². The van der Waals surface area contributed by atoms with Crippen LogP contribution in [0.15, 0.2) is 0 Å². The summed E-state index contributed by atoms with van der Waals surface area (Å²) in [6.45, 7) is 5.12. The quantitative estimate of drug-likeness (QED) is 0.162. The number of hydrogen-bond acceptors (Lipinski definition) is 7. The molecule has 7 N–H and O–H groups in total. The molecule has 2 saturated heterocycles. The Morgan fingerprint density at radius 1 is 1.03 bits per heavy atom. The molecule has 0 unspecified atom stereocenters. The van der Waals surface area contributed by atoms with Gasteiger partial charge in [0.15, 0.2) is 0 Å². The average Bonchev–Trinajstić information content (AvgIpc) is 3.53. The van der Waals surface area contributed by atoms with Crippen molar-refractivity contribution >= 4 is 29.6 Å². The van der Waals surface area contributed by atoms with Crippen molar-refractivity contribution in [2.45, 2.75) is 89.4 Å². The van der Waals surface area contributed by atoms with Gasteiger partial charge in [-0.1, -0.05) is 13.8 Å². The van der Waals surface area contributed by atoms with Gasteiger partial charge < -0.3 is 37.0 Å². The number of unbranched alkanes of at least 4 members (excludes halogenated alkanes) is 1. The van der Waals surface area contributed by atoms with Gasteiger partial charge in [0.2, 0.25) is 23.6 Å². The number of likely N-dealkylation sites (tertiary alicyclic amines) is 1. The number of nitrogens with zero attached hydrogens (tertiary/aromatic N) is 1. The van der Waals surface area contributed by atoms with Crippen molar-refractivity contribution in [3.05, 3.63) is 0 Å². The molecule has 12 nitrogen and oxygen atoms in total. The maximum absolute atomic E-state index is 12.9. The Balaban J connectivity index is 1.92. The van der Waals surface area contributed by atoms with Crippen molar-refractivity contribution in [1.29, 1.82) is 0 Å². The summed E-state index contributed by atoms with van der Waals surface area (Å²) < 4.78 is 0. The van der Waals surface area contributed by atoms with E-state index in [9.17, 15) is 29.1 Å². The summed E-state index contributed by atoms with van der Waals surface area (Å²) in [7, 11) is 0. The highest BCUT2D eigenvalue weighted by Gasteiger charge is 2.36. The number of carbonyl (C=O) groups is 5. The van der Waals surface area contributed by atoms with Gasteiger partial charge in [0.05, 0.1) is 12.6 Å². The van der Waals surface area contributed by atoms with E-state index in [-0.39, 0.29) is 30.8 Å². The van der Waals surface area contributed by atoms with Gasteiger partial charge in [-0.25, -0.2) is 4.79 Å². The van der Waals surface area contributed by atoms with Crippen LogP contribution in [-0.2, 0) is 24.0 Å². The monoisotopic (exact) mass is 510 g/mol. The topological polar surface area (TPSA) is 183 Å². The summed E-state index contributed by atoms with van der Waals surface area (Å²) in [5, 5.41) is 20.5. The van der Waals surface area contributed by atoms with Gasteiger partial charge in [-0.3, -0.25) is 19.2 Å². The molecule has 4 amide bonds. The zero-order chi connectivity index (χ0) is 26.7. The first-order valence-electron chi connectivity index (χ1n) is 13.0. The minimum Gasteiger partial charge on any atom is -0.480 e. The fourth-order valence-electron chi connectivity index (χ4n) is 4.63. The maximum Gasteiger partial charge on any atom is 0.326 e. The first-order chi connectivity index (χ1) is 17.1. The number of aliphatic carboxylic acids is 1. The molecule has 0 saturated carbocycles. The maximum atomic E-state index is 12.9. The molecule has 2 heterocycles. The predicted molar refractivity (Wildman–Crippen MR) is 133 cm³/mol. The van der Waals surface area contributed by atoms with Crippen LogP contribution in [0.5, 0.6) is 0 Å². The number of carbonyl (C=O) groups excluding carboxylic acids is 4. The summed E-state index contributed by atoms with van der Waals surface area (Å²) in [4.78, 5) is 63.9. The van der Waals surface area contributed by atoms with E-state index in [2.05, 4.69) is 21.3 Å². The Kier molecular flexibility index (Phi) is 12.1. The van der Waals surface area contributed by atoms with Gasteiger partial charge in [0, 0.05) is 6.54 Å². The lowest BCUT2D eigenvalue weighted by atomic mass is 10.0. The second kappa shape index (κ2) is 14.7. The predicted octanol–water partition coefficient (Wildman–Crippen LogP) is -0.925. The van der Waals surface area contributed by atoms with Crippen molar-refractivity contribution in [2.75, 3.05) is 26.2 Å². The lowest BCUT2D eigenvalue weighted by Gasteiger charge is -2.26. The van der Waals surface area contributed by atoms with Gasteiger partial charge in [-0.15, -0.1) is 0 Å². The van der Waals surface area contributed by atoms with Crippen LogP contribution in [0.2, 0.25) is 0 Å². The Bertz CT molecular complexity index is 785. The van der Waals surface area contributed by atoms with Crippen LogP contribution in [0, 0.1) is 5.92 Å². The number of carboxylic acid groups (broad SMARTS) is 1. The normalized spacial score (nSPS) is 21.2. The molecule has 2 rings (SSSR count). The van der Waals surface area contributed by atoms with E-state index >= 15 is 0 Å². The highest BCUT2D eigenvalue weighted by Crippen LogP contribution is 2.18. The molecule has 0 bridgehead atoms. The molecule has 204 valence electrons. The molecule has 0 aromatic heterocycles. The molecule has 2 aliphatic heterocycles. The van der Waals surface area contributed by atoms with Gasteiger partial charge in [0.25, 0.3) is 0 Å². The average molecular weight is 511 g/mol. The number of hydrogen-bond donors (Lipinski definition) is 6. The van der Waals surface area contributed by atoms with E-state index in [1.165, 1.54) is 4.90 Å². The van der Waals surface area contributed by atoms with Crippen LogP contribution in [0.1, 0.15) is 65.2 Å². The molecule has 0 aromatic carbocycles. The van der Waals surface area contributed by atoms with E-state index in [1.54, 1.807) is 0 Å². The Morgan fingerprint density at radius 2 is 1.75 bits per heavy atom. The summed E-state index contributed by atoms with van der Waals surface area (Å²) in [6, 6.07) is -2.92. The first-order valence-corrected chi connectivity index (χ1v) is 13.0. The SMILES string of the molecule is CC(C)C[C@H](NC(=O)[C@@H]1CCCN1)C(=O)NCC(=O)N1CCC[C@H]1C(=O)N[C@@H](CCCCN)C(=O)O. The lowest BCUT2D eigenvalue weighted by Crippen LogP contribution is -2.55. The van der Waals surface area contributed by atoms with Gasteiger partial charge in [0.1, 0.15) is 18.1 Å². The van der Waals surface area contributed by atoms with E-state index in [0.717, 1.165) is 13.0 Å².